The van der Waals surface area contributed by atoms with Crippen LogP contribution in [0.5, 0.6) is 0 Å². The van der Waals surface area contributed by atoms with E-state index in [0.717, 1.165) is 30.3 Å². The summed E-state index contributed by atoms with van der Waals surface area (Å²) >= 11 is 0. The molecule has 1 N–H and O–H groups in total. The molecule has 1 saturated heterocycles. The van der Waals surface area contributed by atoms with Crippen LogP contribution < -0.4 is 5.32 Å². The first kappa shape index (κ1) is 19.4. The van der Waals surface area contributed by atoms with Crippen molar-refractivity contribution in [3.05, 3.63) is 60.2 Å². The Hall–Kier alpha value is -2.95. The fourth-order valence-corrected chi connectivity index (χ4v) is 5.45. The standard InChI is InChI=1S/C22H22N4O2S/c1-16-5-2-3-12-26(16)29(27,28)20-9-10-21-18(14-20)8-11-22(25-21)24-19-7-4-6-17(13-19)15-23/h4,6-11,13-14,16H,2-3,5,12H2,1H3,(H,24,25). The highest BCUT2D eigenvalue weighted by molar-refractivity contribution is 7.89. The van der Waals surface area contributed by atoms with Gasteiger partial charge in [0.25, 0.3) is 0 Å². The van der Waals surface area contributed by atoms with Gasteiger partial charge in [0.15, 0.2) is 0 Å². The third kappa shape index (κ3) is 3.95. The summed E-state index contributed by atoms with van der Waals surface area (Å²) < 4.78 is 27.8. The Morgan fingerprint density at radius 3 is 2.79 bits per heavy atom. The second kappa shape index (κ2) is 7.82. The predicted molar refractivity (Wildman–Crippen MR) is 113 cm³/mol. The summed E-state index contributed by atoms with van der Waals surface area (Å²) in [4.78, 5) is 4.88. The number of rotatable bonds is 4. The highest BCUT2D eigenvalue weighted by atomic mass is 32.2. The Bertz CT molecular complexity index is 1200. The zero-order valence-electron chi connectivity index (χ0n) is 16.2. The highest BCUT2D eigenvalue weighted by Gasteiger charge is 2.31. The molecule has 2 heterocycles. The summed E-state index contributed by atoms with van der Waals surface area (Å²) in [7, 11) is -3.51. The van der Waals surface area contributed by atoms with Gasteiger partial charge in [-0.1, -0.05) is 12.5 Å². The van der Waals surface area contributed by atoms with Crippen molar-refractivity contribution in [3.8, 4) is 6.07 Å². The Labute approximate surface area is 170 Å². The zero-order valence-corrected chi connectivity index (χ0v) is 17.0. The van der Waals surface area contributed by atoms with Crippen molar-refractivity contribution in [2.75, 3.05) is 11.9 Å². The highest BCUT2D eigenvalue weighted by Crippen LogP contribution is 2.28. The van der Waals surface area contributed by atoms with Gasteiger partial charge in [-0.2, -0.15) is 9.57 Å². The van der Waals surface area contributed by atoms with Crippen LogP contribution in [0.3, 0.4) is 0 Å². The molecule has 29 heavy (non-hydrogen) atoms. The quantitative estimate of drug-likeness (QED) is 0.693. The number of aromatic nitrogens is 1. The van der Waals surface area contributed by atoms with Crippen molar-refractivity contribution >= 4 is 32.4 Å². The fraction of sp³-hybridized carbons (Fsp3) is 0.273. The largest absolute Gasteiger partial charge is 0.340 e. The number of benzene rings is 2. The van der Waals surface area contributed by atoms with Gasteiger partial charge in [0.1, 0.15) is 5.82 Å². The fourth-order valence-electron chi connectivity index (χ4n) is 3.71. The molecule has 0 radical (unpaired) electrons. The number of piperidine rings is 1. The van der Waals surface area contributed by atoms with Crippen molar-refractivity contribution in [2.24, 2.45) is 0 Å². The Kier molecular flexibility index (Phi) is 5.22. The number of anilines is 2. The van der Waals surface area contributed by atoms with E-state index in [2.05, 4.69) is 16.4 Å². The number of hydrogen-bond donors (Lipinski definition) is 1. The van der Waals surface area contributed by atoms with Gasteiger partial charge in [-0.15, -0.1) is 0 Å². The molecular weight excluding hydrogens is 384 g/mol. The molecule has 6 nitrogen and oxygen atoms in total. The molecular formula is C22H22N4O2S. The van der Waals surface area contributed by atoms with Gasteiger partial charge >= 0.3 is 0 Å². The molecule has 1 aliphatic rings. The van der Waals surface area contributed by atoms with Gasteiger partial charge in [0, 0.05) is 23.7 Å². The molecule has 1 fully saturated rings. The molecule has 0 saturated carbocycles. The van der Waals surface area contributed by atoms with Crippen molar-refractivity contribution in [1.29, 1.82) is 5.26 Å². The number of nitrogens with one attached hydrogen (secondary N) is 1. The SMILES string of the molecule is CC1CCCCN1S(=O)(=O)c1ccc2nc(Nc3cccc(C#N)c3)ccc2c1. The summed E-state index contributed by atoms with van der Waals surface area (Å²) in [6.07, 6.45) is 2.87. The van der Waals surface area contributed by atoms with E-state index in [1.807, 2.05) is 19.1 Å². The van der Waals surface area contributed by atoms with Crippen LogP contribution in [0.2, 0.25) is 0 Å². The smallest absolute Gasteiger partial charge is 0.243 e. The van der Waals surface area contributed by atoms with E-state index in [4.69, 9.17) is 5.26 Å². The van der Waals surface area contributed by atoms with E-state index in [1.165, 1.54) is 0 Å². The zero-order chi connectivity index (χ0) is 20.4. The molecule has 0 amide bonds. The normalized spacial score (nSPS) is 17.7. The van der Waals surface area contributed by atoms with Gasteiger partial charge < -0.3 is 5.32 Å². The van der Waals surface area contributed by atoms with E-state index < -0.39 is 10.0 Å². The Morgan fingerprint density at radius 2 is 2.00 bits per heavy atom. The third-order valence-electron chi connectivity index (χ3n) is 5.27. The lowest BCUT2D eigenvalue weighted by molar-refractivity contribution is 0.268. The van der Waals surface area contributed by atoms with Crippen LogP contribution in [0, 0.1) is 11.3 Å². The minimum Gasteiger partial charge on any atom is -0.340 e. The lowest BCUT2D eigenvalue weighted by Gasteiger charge is -2.32. The summed E-state index contributed by atoms with van der Waals surface area (Å²) in [6.45, 7) is 2.54. The van der Waals surface area contributed by atoms with E-state index in [0.29, 0.717) is 28.3 Å². The van der Waals surface area contributed by atoms with Gasteiger partial charge in [-0.05, 0) is 68.3 Å². The van der Waals surface area contributed by atoms with Gasteiger partial charge in [0.05, 0.1) is 22.0 Å². The number of sulfonamides is 1. The Morgan fingerprint density at radius 1 is 1.14 bits per heavy atom. The van der Waals surface area contributed by atoms with E-state index >= 15 is 0 Å². The second-order valence-corrected chi connectivity index (χ2v) is 9.22. The number of fused-ring (bicyclic) bond motifs is 1. The Balaban J connectivity index is 1.62. The van der Waals surface area contributed by atoms with Gasteiger partial charge in [-0.3, -0.25) is 0 Å². The molecule has 0 bridgehead atoms. The number of pyridine rings is 1. The average Bonchev–Trinajstić information content (AvgIpc) is 2.73. The predicted octanol–water partition coefficient (Wildman–Crippen LogP) is 4.41. The van der Waals surface area contributed by atoms with Crippen LogP contribution in [0.25, 0.3) is 10.9 Å². The molecule has 3 aromatic rings. The van der Waals surface area contributed by atoms with E-state index in [-0.39, 0.29) is 6.04 Å². The number of nitriles is 1. The second-order valence-electron chi connectivity index (χ2n) is 7.33. The van der Waals surface area contributed by atoms with Crippen LogP contribution in [0.1, 0.15) is 31.7 Å². The maximum atomic E-state index is 13.1. The summed E-state index contributed by atoms with van der Waals surface area (Å²) in [5.74, 6) is 0.632. The topological polar surface area (TPSA) is 86.1 Å². The third-order valence-corrected chi connectivity index (χ3v) is 7.28. The first-order chi connectivity index (χ1) is 14.0. The van der Waals surface area contributed by atoms with Crippen molar-refractivity contribution in [1.82, 2.24) is 9.29 Å². The molecule has 0 aliphatic carbocycles. The lowest BCUT2D eigenvalue weighted by atomic mass is 10.1. The minimum atomic E-state index is -3.51. The number of nitrogens with zero attached hydrogens (tertiary/aromatic N) is 3. The van der Waals surface area contributed by atoms with Crippen molar-refractivity contribution in [2.45, 2.75) is 37.1 Å². The van der Waals surface area contributed by atoms with Crippen LogP contribution >= 0.6 is 0 Å². The monoisotopic (exact) mass is 406 g/mol. The first-order valence-electron chi connectivity index (χ1n) is 9.67. The maximum Gasteiger partial charge on any atom is 0.243 e. The lowest BCUT2D eigenvalue weighted by Crippen LogP contribution is -2.41. The van der Waals surface area contributed by atoms with E-state index in [9.17, 15) is 8.42 Å². The molecule has 1 aliphatic heterocycles. The van der Waals surface area contributed by atoms with Crippen LogP contribution in [0.4, 0.5) is 11.5 Å². The molecule has 1 unspecified atom stereocenters. The van der Waals surface area contributed by atoms with Crippen LogP contribution in [0.15, 0.2) is 59.5 Å². The summed E-state index contributed by atoms with van der Waals surface area (Å²) in [5, 5.41) is 13.0. The molecule has 2 aromatic carbocycles. The average molecular weight is 407 g/mol. The molecule has 7 heteroatoms. The molecule has 1 aromatic heterocycles. The van der Waals surface area contributed by atoms with Crippen LogP contribution in [-0.2, 0) is 10.0 Å². The molecule has 0 spiro atoms. The number of hydrogen-bond acceptors (Lipinski definition) is 5. The molecule has 4 rings (SSSR count). The first-order valence-corrected chi connectivity index (χ1v) is 11.1. The summed E-state index contributed by atoms with van der Waals surface area (Å²) in [5.41, 5.74) is 2.05. The molecule has 1 atom stereocenters. The van der Waals surface area contributed by atoms with Crippen molar-refractivity contribution < 1.29 is 8.42 Å². The van der Waals surface area contributed by atoms with E-state index in [1.54, 1.807) is 46.8 Å². The maximum absolute atomic E-state index is 13.1. The molecule has 148 valence electrons. The minimum absolute atomic E-state index is 0.0262. The van der Waals surface area contributed by atoms with Gasteiger partial charge in [0.2, 0.25) is 10.0 Å². The van der Waals surface area contributed by atoms with Crippen molar-refractivity contribution in [3.63, 3.8) is 0 Å². The van der Waals surface area contributed by atoms with Gasteiger partial charge in [-0.25, -0.2) is 13.4 Å². The van der Waals surface area contributed by atoms with Crippen LogP contribution in [-0.4, -0.2) is 30.3 Å². The summed E-state index contributed by atoms with van der Waals surface area (Å²) in [6, 6.07) is 18.0.